The largest absolute Gasteiger partial charge is 0.482 e. The third kappa shape index (κ3) is 4.69. The predicted octanol–water partition coefficient (Wildman–Crippen LogP) is 3.73. The summed E-state index contributed by atoms with van der Waals surface area (Å²) in [4.78, 5) is 34.6. The first-order valence-corrected chi connectivity index (χ1v) is 8.74. The predicted molar refractivity (Wildman–Crippen MR) is 107 cm³/mol. The molecule has 0 spiro atoms. The minimum Gasteiger partial charge on any atom is -0.482 e. The summed E-state index contributed by atoms with van der Waals surface area (Å²) in [6.45, 7) is 2.91. The van der Waals surface area contributed by atoms with Crippen molar-refractivity contribution in [3.05, 3.63) is 63.5 Å². The first-order valence-electron chi connectivity index (χ1n) is 8.36. The van der Waals surface area contributed by atoms with Crippen LogP contribution in [-0.2, 0) is 9.59 Å². The van der Waals surface area contributed by atoms with Gasteiger partial charge in [0.1, 0.15) is 11.3 Å². The van der Waals surface area contributed by atoms with Crippen LogP contribution in [0.25, 0.3) is 11.0 Å². The number of nitrogens with one attached hydrogen (secondary N) is 2. The van der Waals surface area contributed by atoms with E-state index in [9.17, 15) is 14.4 Å². The Morgan fingerprint density at radius 1 is 1.07 bits per heavy atom. The van der Waals surface area contributed by atoms with Crippen molar-refractivity contribution in [2.45, 2.75) is 13.8 Å². The van der Waals surface area contributed by atoms with E-state index in [1.165, 1.54) is 19.1 Å². The van der Waals surface area contributed by atoms with E-state index in [0.717, 1.165) is 5.56 Å². The number of amides is 2. The molecule has 0 saturated heterocycles. The lowest BCUT2D eigenvalue weighted by Gasteiger charge is -2.10. The molecular formula is C20H17ClN2O5. The van der Waals surface area contributed by atoms with Crippen LogP contribution in [0, 0.1) is 6.92 Å². The van der Waals surface area contributed by atoms with E-state index in [0.29, 0.717) is 27.4 Å². The average molecular weight is 401 g/mol. The van der Waals surface area contributed by atoms with Crippen molar-refractivity contribution < 1.29 is 18.7 Å². The maximum absolute atomic E-state index is 12.1. The number of carbonyl (C=O) groups excluding carboxylic acids is 2. The summed E-state index contributed by atoms with van der Waals surface area (Å²) in [6, 6.07) is 11.1. The summed E-state index contributed by atoms with van der Waals surface area (Å²) < 4.78 is 10.6. The molecule has 8 heteroatoms. The molecular weight excluding hydrogens is 384 g/mol. The van der Waals surface area contributed by atoms with Gasteiger partial charge in [-0.1, -0.05) is 11.6 Å². The van der Waals surface area contributed by atoms with Crippen LogP contribution in [0.2, 0.25) is 5.02 Å². The minimum atomic E-state index is -0.473. The highest BCUT2D eigenvalue weighted by Crippen LogP contribution is 2.31. The van der Waals surface area contributed by atoms with Gasteiger partial charge < -0.3 is 19.8 Å². The summed E-state index contributed by atoms with van der Waals surface area (Å²) in [7, 11) is 0. The van der Waals surface area contributed by atoms with E-state index in [1.807, 2.05) is 0 Å². The Morgan fingerprint density at radius 2 is 1.71 bits per heavy atom. The van der Waals surface area contributed by atoms with Crippen molar-refractivity contribution in [2.24, 2.45) is 0 Å². The van der Waals surface area contributed by atoms with Crippen LogP contribution < -0.4 is 21.0 Å². The minimum absolute atomic E-state index is 0.177. The van der Waals surface area contributed by atoms with Gasteiger partial charge in [0.25, 0.3) is 5.91 Å². The number of carbonyl (C=O) groups is 2. The molecule has 28 heavy (non-hydrogen) atoms. The van der Waals surface area contributed by atoms with Gasteiger partial charge in [-0.05, 0) is 42.8 Å². The van der Waals surface area contributed by atoms with Crippen molar-refractivity contribution in [2.75, 3.05) is 17.2 Å². The summed E-state index contributed by atoms with van der Waals surface area (Å²) in [6.07, 6.45) is 0. The van der Waals surface area contributed by atoms with E-state index in [4.69, 9.17) is 20.8 Å². The molecule has 1 aromatic heterocycles. The quantitative estimate of drug-likeness (QED) is 0.636. The topological polar surface area (TPSA) is 97.6 Å². The summed E-state index contributed by atoms with van der Waals surface area (Å²) >= 11 is 6.21. The summed E-state index contributed by atoms with van der Waals surface area (Å²) in [5.41, 5.74) is 1.77. The third-order valence-corrected chi connectivity index (χ3v) is 4.15. The molecule has 0 fully saturated rings. The average Bonchev–Trinajstić information content (AvgIpc) is 2.62. The number of halogens is 1. The van der Waals surface area contributed by atoms with Crippen LogP contribution in [0.5, 0.6) is 5.75 Å². The molecule has 3 aromatic rings. The molecule has 1 heterocycles. The van der Waals surface area contributed by atoms with Crippen molar-refractivity contribution in [3.8, 4) is 5.75 Å². The van der Waals surface area contributed by atoms with Crippen LogP contribution in [0.15, 0.2) is 51.7 Å². The lowest BCUT2D eigenvalue weighted by atomic mass is 10.1. The standard InChI is InChI=1S/C20H17ClN2O5/c1-11-7-20(26)28-17-9-18(16(21)8-15(11)17)27-10-19(25)23-14-5-3-13(4-6-14)22-12(2)24/h3-9H,10H2,1-2H3,(H,22,24)(H,23,25). The SMILES string of the molecule is CC(=O)Nc1ccc(NC(=O)COc2cc3oc(=O)cc(C)c3cc2Cl)cc1. The fourth-order valence-electron chi connectivity index (χ4n) is 2.61. The molecule has 3 rings (SSSR count). The number of benzene rings is 2. The van der Waals surface area contributed by atoms with Crippen molar-refractivity contribution in [3.63, 3.8) is 0 Å². The highest BCUT2D eigenvalue weighted by Gasteiger charge is 2.11. The molecule has 144 valence electrons. The molecule has 7 nitrogen and oxygen atoms in total. The molecule has 0 atom stereocenters. The smallest absolute Gasteiger partial charge is 0.336 e. The fraction of sp³-hybridized carbons (Fsp3) is 0.150. The molecule has 0 saturated carbocycles. The van der Waals surface area contributed by atoms with Gasteiger partial charge in [0.05, 0.1) is 5.02 Å². The van der Waals surface area contributed by atoms with Crippen molar-refractivity contribution >= 4 is 45.8 Å². The maximum Gasteiger partial charge on any atom is 0.336 e. The highest BCUT2D eigenvalue weighted by atomic mass is 35.5. The Morgan fingerprint density at radius 3 is 2.36 bits per heavy atom. The normalized spacial score (nSPS) is 10.5. The van der Waals surface area contributed by atoms with Crippen LogP contribution in [-0.4, -0.2) is 18.4 Å². The van der Waals surface area contributed by atoms with E-state index in [-0.39, 0.29) is 18.3 Å². The zero-order chi connectivity index (χ0) is 20.3. The number of anilines is 2. The summed E-state index contributed by atoms with van der Waals surface area (Å²) in [5.74, 6) is -0.336. The second kappa shape index (κ2) is 8.14. The number of aryl methyl sites for hydroxylation is 1. The van der Waals surface area contributed by atoms with Crippen LogP contribution in [0.3, 0.4) is 0 Å². The van der Waals surface area contributed by atoms with Gasteiger partial charge in [0, 0.05) is 35.8 Å². The number of fused-ring (bicyclic) bond motifs is 1. The van der Waals surface area contributed by atoms with E-state index in [1.54, 1.807) is 37.3 Å². The molecule has 0 radical (unpaired) electrons. The van der Waals surface area contributed by atoms with E-state index >= 15 is 0 Å². The van der Waals surface area contributed by atoms with Crippen LogP contribution in [0.4, 0.5) is 11.4 Å². The zero-order valence-electron chi connectivity index (χ0n) is 15.2. The number of hydrogen-bond donors (Lipinski definition) is 2. The monoisotopic (exact) mass is 400 g/mol. The second-order valence-corrected chi connectivity index (χ2v) is 6.53. The number of hydrogen-bond acceptors (Lipinski definition) is 5. The second-order valence-electron chi connectivity index (χ2n) is 6.12. The van der Waals surface area contributed by atoms with Gasteiger partial charge in [0.15, 0.2) is 6.61 Å². The first-order chi connectivity index (χ1) is 13.3. The fourth-order valence-corrected chi connectivity index (χ4v) is 2.83. The first kappa shape index (κ1) is 19.4. The molecule has 2 aromatic carbocycles. The van der Waals surface area contributed by atoms with Gasteiger partial charge >= 0.3 is 5.63 Å². The van der Waals surface area contributed by atoms with Crippen LogP contribution >= 0.6 is 11.6 Å². The van der Waals surface area contributed by atoms with Gasteiger partial charge in [-0.3, -0.25) is 9.59 Å². The maximum atomic E-state index is 12.1. The molecule has 0 bridgehead atoms. The van der Waals surface area contributed by atoms with Gasteiger partial charge in [-0.25, -0.2) is 4.79 Å². The highest BCUT2D eigenvalue weighted by molar-refractivity contribution is 6.32. The molecule has 0 aliphatic rings. The molecule has 0 unspecified atom stereocenters. The van der Waals surface area contributed by atoms with E-state index in [2.05, 4.69) is 10.6 Å². The van der Waals surface area contributed by atoms with Gasteiger partial charge in [-0.2, -0.15) is 0 Å². The van der Waals surface area contributed by atoms with Gasteiger partial charge in [0.2, 0.25) is 5.91 Å². The van der Waals surface area contributed by atoms with Gasteiger partial charge in [-0.15, -0.1) is 0 Å². The number of rotatable bonds is 5. The molecule has 2 N–H and O–H groups in total. The lowest BCUT2D eigenvalue weighted by Crippen LogP contribution is -2.20. The molecule has 0 aliphatic carbocycles. The third-order valence-electron chi connectivity index (χ3n) is 3.85. The van der Waals surface area contributed by atoms with Crippen LogP contribution in [0.1, 0.15) is 12.5 Å². The van der Waals surface area contributed by atoms with E-state index < -0.39 is 11.5 Å². The Labute approximate surface area is 165 Å². The van der Waals surface area contributed by atoms with Crippen molar-refractivity contribution in [1.82, 2.24) is 0 Å². The zero-order valence-corrected chi connectivity index (χ0v) is 15.9. The molecule has 2 amide bonds. The Bertz CT molecular complexity index is 1110. The Balaban J connectivity index is 1.66. The van der Waals surface area contributed by atoms with Crippen molar-refractivity contribution in [1.29, 1.82) is 0 Å². The Hall–Kier alpha value is -3.32. The summed E-state index contributed by atoms with van der Waals surface area (Å²) in [5, 5.41) is 6.31. The Kier molecular flexibility index (Phi) is 5.65. The molecule has 0 aliphatic heterocycles. The number of ether oxygens (including phenoxy) is 1. The lowest BCUT2D eigenvalue weighted by molar-refractivity contribution is -0.118.